The van der Waals surface area contributed by atoms with Crippen LogP contribution >= 0.6 is 0 Å². The van der Waals surface area contributed by atoms with E-state index in [2.05, 4.69) is 28.3 Å². The third-order valence-corrected chi connectivity index (χ3v) is 5.88. The summed E-state index contributed by atoms with van der Waals surface area (Å²) in [7, 11) is 3.28. The maximum atomic E-state index is 6.42. The molecule has 0 spiro atoms. The molecule has 4 atom stereocenters. The number of H-pyrrole nitrogens is 1. The van der Waals surface area contributed by atoms with Crippen LogP contribution in [0.25, 0.3) is 22.2 Å². The summed E-state index contributed by atoms with van der Waals surface area (Å²) in [5.41, 5.74) is 3.82. The number of hydrogen-bond acceptors (Lipinski definition) is 6. The van der Waals surface area contributed by atoms with Gasteiger partial charge in [-0.3, -0.25) is 5.32 Å². The zero-order chi connectivity index (χ0) is 20.0. The second kappa shape index (κ2) is 7.24. The molecule has 1 aromatic heterocycles. The number of piperidine rings is 1. The van der Waals surface area contributed by atoms with Crippen LogP contribution in [-0.2, 0) is 4.74 Å². The minimum atomic E-state index is 0.0493. The number of methoxy groups -OCH3 is 2. The molecular weight excluding hydrogens is 370 g/mol. The van der Waals surface area contributed by atoms with Gasteiger partial charge in [-0.05, 0) is 48.7 Å². The van der Waals surface area contributed by atoms with Crippen molar-refractivity contribution < 1.29 is 18.9 Å². The van der Waals surface area contributed by atoms with Gasteiger partial charge in [0.2, 0.25) is 0 Å². The lowest BCUT2D eigenvalue weighted by atomic mass is 9.94. The average Bonchev–Trinajstić information content (AvgIpc) is 3.38. The van der Waals surface area contributed by atoms with Crippen molar-refractivity contribution in [1.29, 1.82) is 0 Å². The maximum absolute atomic E-state index is 6.42. The van der Waals surface area contributed by atoms with Gasteiger partial charge in [-0.2, -0.15) is 0 Å². The van der Waals surface area contributed by atoms with Gasteiger partial charge in [0, 0.05) is 12.5 Å². The third kappa shape index (κ3) is 3.41. The molecule has 5 rings (SSSR count). The summed E-state index contributed by atoms with van der Waals surface area (Å²) in [6, 6.07) is 10.0. The predicted molar refractivity (Wildman–Crippen MR) is 109 cm³/mol. The minimum Gasteiger partial charge on any atom is -0.493 e. The van der Waals surface area contributed by atoms with Crippen molar-refractivity contribution in [2.24, 2.45) is 5.92 Å². The molecule has 29 heavy (non-hydrogen) atoms. The van der Waals surface area contributed by atoms with Gasteiger partial charge in [0.1, 0.15) is 23.6 Å². The van der Waals surface area contributed by atoms with Crippen LogP contribution in [0.5, 0.6) is 17.2 Å². The first kappa shape index (κ1) is 18.3. The van der Waals surface area contributed by atoms with Crippen LogP contribution in [0, 0.1) is 5.92 Å². The standard InChI is InChI=1S/C22H25N3O4/c1-12(15-9-20-22(29-20)23-10-15)28-19-8-14(6-16-21(19)25-11-24-16)13-4-5-17(26-2)18(7-13)27-3/h4-8,11-12,15,20,22-23H,9-10H2,1-3H3,(H,24,25)/t12-,15-,20?,22?/m1/s1. The Morgan fingerprint density at radius 3 is 2.69 bits per heavy atom. The topological polar surface area (TPSA) is 80.9 Å². The van der Waals surface area contributed by atoms with E-state index in [-0.39, 0.29) is 12.3 Å². The molecule has 0 radical (unpaired) electrons. The summed E-state index contributed by atoms with van der Waals surface area (Å²) in [6.07, 6.45) is 3.37. The zero-order valence-corrected chi connectivity index (χ0v) is 16.8. The highest BCUT2D eigenvalue weighted by molar-refractivity contribution is 5.87. The largest absolute Gasteiger partial charge is 0.493 e. The molecule has 2 N–H and O–H groups in total. The number of rotatable bonds is 6. The zero-order valence-electron chi connectivity index (χ0n) is 16.8. The van der Waals surface area contributed by atoms with Crippen molar-refractivity contribution in [2.75, 3.05) is 20.8 Å². The smallest absolute Gasteiger partial charge is 0.161 e. The number of aromatic amines is 1. The van der Waals surface area contributed by atoms with Crippen molar-refractivity contribution in [2.45, 2.75) is 31.8 Å². The van der Waals surface area contributed by atoms with Gasteiger partial charge in [-0.1, -0.05) is 6.07 Å². The lowest BCUT2D eigenvalue weighted by Gasteiger charge is -2.27. The van der Waals surface area contributed by atoms with Crippen LogP contribution in [0.3, 0.4) is 0 Å². The molecule has 2 aliphatic heterocycles. The Kier molecular flexibility index (Phi) is 4.56. The SMILES string of the molecule is COc1ccc(-c2cc(O[C@H](C)[C@H]3CNC4OC4C3)c3nc[nH]c3c2)cc1OC. The molecule has 7 nitrogen and oxygen atoms in total. The fraction of sp³-hybridized carbons (Fsp3) is 0.409. The van der Waals surface area contributed by atoms with Gasteiger partial charge >= 0.3 is 0 Å². The predicted octanol–water partition coefficient (Wildman–Crippen LogP) is 3.35. The van der Waals surface area contributed by atoms with Crippen LogP contribution in [-0.4, -0.2) is 49.2 Å². The Bertz CT molecular complexity index is 1030. The Hall–Kier alpha value is -2.77. The molecule has 0 aliphatic carbocycles. The van der Waals surface area contributed by atoms with E-state index in [0.29, 0.717) is 23.5 Å². The van der Waals surface area contributed by atoms with Crippen molar-refractivity contribution in [3.63, 3.8) is 0 Å². The van der Waals surface area contributed by atoms with E-state index in [4.69, 9.17) is 18.9 Å². The number of epoxide rings is 1. The van der Waals surface area contributed by atoms with Gasteiger partial charge < -0.3 is 23.9 Å². The van der Waals surface area contributed by atoms with Crippen molar-refractivity contribution in [3.8, 4) is 28.4 Å². The average molecular weight is 395 g/mol. The number of ether oxygens (including phenoxy) is 4. The van der Waals surface area contributed by atoms with Crippen molar-refractivity contribution in [1.82, 2.24) is 15.3 Å². The van der Waals surface area contributed by atoms with Crippen LogP contribution in [0.15, 0.2) is 36.7 Å². The highest BCUT2D eigenvalue weighted by atomic mass is 16.6. The molecule has 0 bridgehead atoms. The molecule has 0 amide bonds. The monoisotopic (exact) mass is 395 g/mol. The van der Waals surface area contributed by atoms with E-state index in [1.165, 1.54) is 0 Å². The Balaban J connectivity index is 1.47. The Labute approximate surface area is 169 Å². The van der Waals surface area contributed by atoms with Gasteiger partial charge in [0.25, 0.3) is 0 Å². The molecule has 7 heteroatoms. The first-order valence-electron chi connectivity index (χ1n) is 9.91. The molecule has 2 unspecified atom stereocenters. The molecule has 3 aromatic rings. The fourth-order valence-corrected chi connectivity index (χ4v) is 4.09. The summed E-state index contributed by atoms with van der Waals surface area (Å²) >= 11 is 0. The third-order valence-electron chi connectivity index (χ3n) is 5.88. The maximum Gasteiger partial charge on any atom is 0.161 e. The lowest BCUT2D eigenvalue weighted by Crippen LogP contribution is -2.40. The first-order valence-corrected chi connectivity index (χ1v) is 9.91. The number of nitrogens with one attached hydrogen (secondary N) is 2. The van der Waals surface area contributed by atoms with Crippen LogP contribution in [0.4, 0.5) is 0 Å². The van der Waals surface area contributed by atoms with Crippen LogP contribution in [0.2, 0.25) is 0 Å². The quantitative estimate of drug-likeness (QED) is 0.623. The van der Waals surface area contributed by atoms with E-state index in [9.17, 15) is 0 Å². The number of fused-ring (bicyclic) bond motifs is 2. The first-order chi connectivity index (χ1) is 14.2. The summed E-state index contributed by atoms with van der Waals surface area (Å²) < 4.78 is 22.8. The Morgan fingerprint density at radius 1 is 1.07 bits per heavy atom. The number of hydrogen-bond donors (Lipinski definition) is 2. The molecule has 0 saturated carbocycles. The molecule has 2 aromatic carbocycles. The molecule has 2 fully saturated rings. The number of benzene rings is 2. The lowest BCUT2D eigenvalue weighted by molar-refractivity contribution is 0.136. The van der Waals surface area contributed by atoms with E-state index >= 15 is 0 Å². The van der Waals surface area contributed by atoms with Gasteiger partial charge in [0.15, 0.2) is 11.5 Å². The fourth-order valence-electron chi connectivity index (χ4n) is 4.09. The molecule has 152 valence electrons. The van der Waals surface area contributed by atoms with E-state index in [0.717, 1.165) is 40.9 Å². The highest BCUT2D eigenvalue weighted by Gasteiger charge is 2.45. The number of imidazole rings is 1. The molecule has 2 aliphatic rings. The van der Waals surface area contributed by atoms with E-state index in [1.54, 1.807) is 20.5 Å². The molecule has 2 saturated heterocycles. The Morgan fingerprint density at radius 2 is 1.90 bits per heavy atom. The molecular formula is C22H25N3O4. The summed E-state index contributed by atoms with van der Waals surface area (Å²) in [5, 5.41) is 3.42. The van der Waals surface area contributed by atoms with E-state index in [1.807, 2.05) is 24.3 Å². The second-order valence-electron chi connectivity index (χ2n) is 7.66. The van der Waals surface area contributed by atoms with Gasteiger partial charge in [-0.15, -0.1) is 0 Å². The second-order valence-corrected chi connectivity index (χ2v) is 7.66. The van der Waals surface area contributed by atoms with E-state index < -0.39 is 0 Å². The van der Waals surface area contributed by atoms with Gasteiger partial charge in [-0.25, -0.2) is 4.98 Å². The highest BCUT2D eigenvalue weighted by Crippen LogP contribution is 2.38. The summed E-state index contributed by atoms with van der Waals surface area (Å²) in [4.78, 5) is 7.68. The minimum absolute atomic E-state index is 0.0493. The van der Waals surface area contributed by atoms with Gasteiger partial charge in [0.05, 0.1) is 32.2 Å². The van der Waals surface area contributed by atoms with Crippen LogP contribution in [0.1, 0.15) is 13.3 Å². The normalized spacial score (nSPS) is 24.0. The van der Waals surface area contributed by atoms with Crippen molar-refractivity contribution >= 4 is 11.0 Å². The number of aromatic nitrogens is 2. The van der Waals surface area contributed by atoms with Crippen molar-refractivity contribution in [3.05, 3.63) is 36.7 Å². The number of nitrogens with zero attached hydrogens (tertiary/aromatic N) is 1. The molecule has 3 heterocycles. The summed E-state index contributed by atoms with van der Waals surface area (Å²) in [5.74, 6) is 2.57. The van der Waals surface area contributed by atoms with Crippen LogP contribution < -0.4 is 19.5 Å². The summed E-state index contributed by atoms with van der Waals surface area (Å²) in [6.45, 7) is 3.03.